The number of hydrogen-bond donors (Lipinski definition) is 2. The van der Waals surface area contributed by atoms with Crippen LogP contribution in [0.5, 0.6) is 0 Å². The monoisotopic (exact) mass is 489 g/mol. The first kappa shape index (κ1) is 23.1. The molecule has 2 N–H and O–H groups in total. The summed E-state index contributed by atoms with van der Waals surface area (Å²) < 4.78 is 15.4. The molecule has 1 aliphatic rings. The Bertz CT molecular complexity index is 1490. The highest BCUT2D eigenvalue weighted by Crippen LogP contribution is 2.38. The van der Waals surface area contributed by atoms with Crippen molar-refractivity contribution in [3.63, 3.8) is 0 Å². The van der Waals surface area contributed by atoms with Gasteiger partial charge in [0.25, 0.3) is 5.56 Å². The van der Waals surface area contributed by atoms with Crippen LogP contribution in [-0.2, 0) is 4.79 Å². The van der Waals surface area contributed by atoms with E-state index in [2.05, 4.69) is 10.6 Å². The minimum atomic E-state index is -0.394. The number of carbonyl (C=O) groups excluding carboxylic acids is 2. The smallest absolute Gasteiger partial charge is 0.256 e. The third-order valence-electron chi connectivity index (χ3n) is 6.35. The van der Waals surface area contributed by atoms with Gasteiger partial charge in [-0.15, -0.1) is 0 Å². The number of nitrogens with zero attached hydrogens (tertiary/aromatic N) is 1. The van der Waals surface area contributed by atoms with Crippen LogP contribution in [-0.4, -0.2) is 29.3 Å². The van der Waals surface area contributed by atoms with Crippen molar-refractivity contribution in [2.45, 2.75) is 19.8 Å². The van der Waals surface area contributed by atoms with E-state index in [1.54, 1.807) is 17.6 Å². The van der Waals surface area contributed by atoms with Crippen molar-refractivity contribution < 1.29 is 14.0 Å². The standard InChI is InChI=1S/C27H24FN3O3S/c1-16-15-18(7-9-21(16)28)24(33)23-20-8-10-22(32)31(19-5-3-2-4-6-19)27(20)35-26(23)30-25(34)17-11-13-29-14-12-17/h2-10,15,17,29H,11-14H2,1H3,(H,30,34). The Kier molecular flexibility index (Phi) is 6.32. The second-order valence-electron chi connectivity index (χ2n) is 8.67. The molecule has 2 aromatic carbocycles. The molecule has 8 heteroatoms. The molecule has 2 aromatic heterocycles. The van der Waals surface area contributed by atoms with Crippen molar-refractivity contribution in [2.24, 2.45) is 5.92 Å². The number of rotatable bonds is 5. The highest BCUT2D eigenvalue weighted by molar-refractivity contribution is 7.23. The van der Waals surface area contributed by atoms with Crippen molar-refractivity contribution in [1.29, 1.82) is 0 Å². The summed E-state index contributed by atoms with van der Waals surface area (Å²) in [5.41, 5.74) is 1.41. The molecule has 0 radical (unpaired) electrons. The van der Waals surface area contributed by atoms with E-state index in [4.69, 9.17) is 0 Å². The van der Waals surface area contributed by atoms with Gasteiger partial charge < -0.3 is 10.6 Å². The van der Waals surface area contributed by atoms with Gasteiger partial charge in [-0.2, -0.15) is 0 Å². The number of carbonyl (C=O) groups is 2. The average Bonchev–Trinajstić information content (AvgIpc) is 3.23. The lowest BCUT2D eigenvalue weighted by atomic mass is 9.97. The number of aryl methyl sites for hydroxylation is 1. The van der Waals surface area contributed by atoms with Crippen LogP contribution >= 0.6 is 11.3 Å². The molecule has 0 saturated carbocycles. The zero-order valence-electron chi connectivity index (χ0n) is 19.1. The molecule has 0 bridgehead atoms. The first-order chi connectivity index (χ1) is 16.9. The Hall–Kier alpha value is -3.62. The van der Waals surface area contributed by atoms with E-state index in [1.165, 1.54) is 35.6 Å². The van der Waals surface area contributed by atoms with Gasteiger partial charge in [-0.3, -0.25) is 19.0 Å². The molecule has 178 valence electrons. The summed E-state index contributed by atoms with van der Waals surface area (Å²) >= 11 is 1.20. The molecule has 4 aromatic rings. The summed E-state index contributed by atoms with van der Waals surface area (Å²) in [5, 5.41) is 7.19. The van der Waals surface area contributed by atoms with E-state index in [9.17, 15) is 18.8 Å². The number of hydrogen-bond acceptors (Lipinski definition) is 5. The number of thiophene rings is 1. The van der Waals surface area contributed by atoms with Crippen molar-refractivity contribution in [3.8, 4) is 5.69 Å². The van der Waals surface area contributed by atoms with Gasteiger partial charge in [0.2, 0.25) is 5.91 Å². The Labute approximate surface area is 205 Å². The van der Waals surface area contributed by atoms with E-state index in [1.807, 2.05) is 30.3 Å². The van der Waals surface area contributed by atoms with Crippen LogP contribution < -0.4 is 16.2 Å². The quantitative estimate of drug-likeness (QED) is 0.400. The predicted molar refractivity (Wildman–Crippen MR) is 136 cm³/mol. The first-order valence-corrected chi connectivity index (χ1v) is 12.3. The van der Waals surface area contributed by atoms with E-state index in [0.29, 0.717) is 50.4 Å². The lowest BCUT2D eigenvalue weighted by Crippen LogP contribution is -2.34. The van der Waals surface area contributed by atoms with Gasteiger partial charge in [0.1, 0.15) is 15.6 Å². The number of fused-ring (bicyclic) bond motifs is 1. The van der Waals surface area contributed by atoms with Crippen molar-refractivity contribution in [3.05, 3.63) is 93.5 Å². The van der Waals surface area contributed by atoms with Gasteiger partial charge >= 0.3 is 0 Å². The van der Waals surface area contributed by atoms with Crippen molar-refractivity contribution >= 4 is 38.2 Å². The molecule has 6 nitrogen and oxygen atoms in total. The lowest BCUT2D eigenvalue weighted by Gasteiger charge is -2.21. The van der Waals surface area contributed by atoms with Gasteiger partial charge in [0.05, 0.1) is 11.3 Å². The van der Waals surface area contributed by atoms with Crippen LogP contribution in [0.15, 0.2) is 65.5 Å². The highest BCUT2D eigenvalue weighted by Gasteiger charge is 2.27. The van der Waals surface area contributed by atoms with Gasteiger partial charge in [-0.05, 0) is 74.8 Å². The molecular weight excluding hydrogens is 465 g/mol. The van der Waals surface area contributed by atoms with Crippen molar-refractivity contribution in [1.82, 2.24) is 9.88 Å². The number of anilines is 1. The summed E-state index contributed by atoms with van der Waals surface area (Å²) in [5.74, 6) is -1.03. The molecular formula is C27H24FN3O3S. The number of amides is 1. The molecule has 1 amide bonds. The summed E-state index contributed by atoms with van der Waals surface area (Å²) in [4.78, 5) is 40.3. The number of aromatic nitrogens is 1. The zero-order chi connectivity index (χ0) is 24.5. The molecule has 0 unspecified atom stereocenters. The van der Waals surface area contributed by atoms with Crippen LogP contribution in [0.3, 0.4) is 0 Å². The number of para-hydroxylation sites is 1. The van der Waals surface area contributed by atoms with E-state index < -0.39 is 5.82 Å². The molecule has 0 aliphatic carbocycles. The van der Waals surface area contributed by atoms with Crippen molar-refractivity contribution in [2.75, 3.05) is 18.4 Å². The van der Waals surface area contributed by atoms with Crippen LogP contribution in [0.1, 0.15) is 34.3 Å². The molecule has 5 rings (SSSR count). The predicted octanol–water partition coefficient (Wildman–Crippen LogP) is 4.67. The minimum absolute atomic E-state index is 0.143. The fourth-order valence-electron chi connectivity index (χ4n) is 4.45. The van der Waals surface area contributed by atoms with Gasteiger partial charge in [-0.1, -0.05) is 29.5 Å². The Morgan fingerprint density at radius 2 is 1.80 bits per heavy atom. The third kappa shape index (κ3) is 4.42. The molecule has 35 heavy (non-hydrogen) atoms. The Morgan fingerprint density at radius 1 is 1.06 bits per heavy atom. The van der Waals surface area contributed by atoms with Gasteiger partial charge in [-0.25, -0.2) is 4.39 Å². The molecule has 0 spiro atoms. The largest absolute Gasteiger partial charge is 0.317 e. The molecule has 1 aliphatic heterocycles. The Balaban J connectivity index is 1.68. The van der Waals surface area contributed by atoms with Gasteiger partial charge in [0, 0.05) is 22.9 Å². The van der Waals surface area contributed by atoms with Crippen LogP contribution in [0.25, 0.3) is 15.9 Å². The maximum Gasteiger partial charge on any atom is 0.256 e. The second-order valence-corrected chi connectivity index (χ2v) is 9.67. The number of ketones is 1. The minimum Gasteiger partial charge on any atom is -0.317 e. The average molecular weight is 490 g/mol. The van der Waals surface area contributed by atoms with E-state index >= 15 is 0 Å². The normalized spacial score (nSPS) is 14.2. The molecule has 0 atom stereocenters. The Morgan fingerprint density at radius 3 is 2.51 bits per heavy atom. The summed E-state index contributed by atoms with van der Waals surface area (Å²) in [7, 11) is 0. The van der Waals surface area contributed by atoms with E-state index in [-0.39, 0.29) is 23.2 Å². The highest BCUT2D eigenvalue weighted by atomic mass is 32.1. The van der Waals surface area contributed by atoms with E-state index in [0.717, 1.165) is 13.1 Å². The second kappa shape index (κ2) is 9.56. The van der Waals surface area contributed by atoms with Crippen LogP contribution in [0.4, 0.5) is 9.39 Å². The zero-order valence-corrected chi connectivity index (χ0v) is 20.0. The number of pyridine rings is 1. The maximum absolute atomic E-state index is 13.9. The fraction of sp³-hybridized carbons (Fsp3) is 0.222. The topological polar surface area (TPSA) is 80.2 Å². The molecule has 1 fully saturated rings. The number of benzene rings is 2. The molecule has 1 saturated heterocycles. The fourth-order valence-corrected chi connectivity index (χ4v) is 5.66. The number of halogens is 1. The summed E-state index contributed by atoms with van der Waals surface area (Å²) in [6.07, 6.45) is 1.43. The third-order valence-corrected chi connectivity index (χ3v) is 7.46. The first-order valence-electron chi connectivity index (χ1n) is 11.5. The van der Waals surface area contributed by atoms with Crippen LogP contribution in [0, 0.1) is 18.7 Å². The number of nitrogens with one attached hydrogen (secondary N) is 2. The summed E-state index contributed by atoms with van der Waals surface area (Å²) in [6.45, 7) is 3.13. The van der Waals surface area contributed by atoms with Crippen LogP contribution in [0.2, 0.25) is 0 Å². The maximum atomic E-state index is 13.9. The van der Waals surface area contributed by atoms with Gasteiger partial charge in [0.15, 0.2) is 5.78 Å². The lowest BCUT2D eigenvalue weighted by molar-refractivity contribution is -0.120. The molecule has 3 heterocycles. The number of piperidine rings is 1. The summed E-state index contributed by atoms with van der Waals surface area (Å²) in [6, 6.07) is 16.4. The SMILES string of the molecule is Cc1cc(C(=O)c2c(NC(=O)C3CCNCC3)sc3c2ccc(=O)n3-c2ccccc2)ccc1F.